The van der Waals surface area contributed by atoms with Crippen LogP contribution in [-0.2, 0) is 11.3 Å². The lowest BCUT2D eigenvalue weighted by Crippen LogP contribution is -2.69. The highest BCUT2D eigenvalue weighted by Gasteiger charge is 2.46. The van der Waals surface area contributed by atoms with E-state index in [1.807, 2.05) is 35.2 Å². The van der Waals surface area contributed by atoms with Crippen molar-refractivity contribution in [2.45, 2.75) is 31.5 Å². The van der Waals surface area contributed by atoms with E-state index in [0.29, 0.717) is 38.4 Å². The number of fused-ring (bicyclic) bond motifs is 3. The standard InChI is InChI=1S/C24H24ClF3N4O2/c25-21-12-18-17(22(29-21)23(27)28)10-16(26)11-19-20(13-32(18)19)30-6-8-31(9-7-30)24(33)34-14-15-4-2-1-3-5-15/h1-5,10,12,19-20,23H,6-9,11,13-14H2/t19-,20+/m0/s1. The van der Waals surface area contributed by atoms with Crippen molar-refractivity contribution in [1.82, 2.24) is 14.8 Å². The van der Waals surface area contributed by atoms with Crippen LogP contribution in [0.3, 0.4) is 0 Å². The molecule has 3 aliphatic rings. The van der Waals surface area contributed by atoms with Gasteiger partial charge in [-0.2, -0.15) is 0 Å². The highest BCUT2D eigenvalue weighted by atomic mass is 35.5. The Bertz CT molecular complexity index is 1090. The van der Waals surface area contributed by atoms with Crippen molar-refractivity contribution in [2.75, 3.05) is 37.6 Å². The van der Waals surface area contributed by atoms with Gasteiger partial charge in [-0.3, -0.25) is 4.90 Å². The zero-order valence-corrected chi connectivity index (χ0v) is 19.1. The molecular formula is C24H24ClF3N4O2. The summed E-state index contributed by atoms with van der Waals surface area (Å²) in [5.74, 6) is -0.451. The number of anilines is 1. The number of nitrogens with zero attached hydrogens (tertiary/aromatic N) is 4. The lowest BCUT2D eigenvalue weighted by Gasteiger charge is -2.55. The van der Waals surface area contributed by atoms with E-state index >= 15 is 0 Å². The van der Waals surface area contributed by atoms with E-state index in [9.17, 15) is 18.0 Å². The SMILES string of the molecule is O=C(OCc1ccccc1)N1CCN([C@@H]2CN3c4cc(Cl)nc(C(F)F)c4C=C(F)C[C@@H]23)CC1. The Labute approximate surface area is 200 Å². The van der Waals surface area contributed by atoms with Crippen LogP contribution in [0, 0.1) is 0 Å². The summed E-state index contributed by atoms with van der Waals surface area (Å²) in [6.45, 7) is 3.08. The van der Waals surface area contributed by atoms with Crippen molar-refractivity contribution in [1.29, 1.82) is 0 Å². The van der Waals surface area contributed by atoms with Gasteiger partial charge in [0.1, 0.15) is 23.3 Å². The minimum absolute atomic E-state index is 0.0328. The molecule has 5 rings (SSSR count). The van der Waals surface area contributed by atoms with Crippen LogP contribution in [-0.4, -0.2) is 65.7 Å². The highest BCUT2D eigenvalue weighted by Crippen LogP contribution is 2.43. The molecule has 0 unspecified atom stereocenters. The molecule has 1 amide bonds. The Kier molecular flexibility index (Phi) is 6.40. The fourth-order valence-electron chi connectivity index (χ4n) is 4.95. The zero-order valence-electron chi connectivity index (χ0n) is 18.3. The Balaban J connectivity index is 1.22. The number of hydrogen-bond acceptors (Lipinski definition) is 5. The number of benzene rings is 1. The lowest BCUT2D eigenvalue weighted by molar-refractivity contribution is 0.0428. The first-order valence-electron chi connectivity index (χ1n) is 11.2. The van der Waals surface area contributed by atoms with Gasteiger partial charge >= 0.3 is 6.09 Å². The first kappa shape index (κ1) is 23.0. The Morgan fingerprint density at radius 3 is 2.59 bits per heavy atom. The summed E-state index contributed by atoms with van der Waals surface area (Å²) >= 11 is 6.00. The van der Waals surface area contributed by atoms with Gasteiger partial charge in [0, 0.05) is 56.4 Å². The predicted octanol–water partition coefficient (Wildman–Crippen LogP) is 4.90. The average molecular weight is 493 g/mol. The molecule has 0 spiro atoms. The molecular weight excluding hydrogens is 469 g/mol. The largest absolute Gasteiger partial charge is 0.445 e. The molecule has 0 bridgehead atoms. The maximum atomic E-state index is 14.7. The summed E-state index contributed by atoms with van der Waals surface area (Å²) in [5.41, 5.74) is 1.03. The molecule has 2 aromatic rings. The number of ether oxygens (including phenoxy) is 1. The van der Waals surface area contributed by atoms with Gasteiger partial charge in [-0.25, -0.2) is 22.9 Å². The monoisotopic (exact) mass is 492 g/mol. The van der Waals surface area contributed by atoms with Crippen LogP contribution >= 0.6 is 11.6 Å². The molecule has 0 radical (unpaired) electrons. The van der Waals surface area contributed by atoms with Gasteiger partial charge in [-0.1, -0.05) is 41.9 Å². The fraction of sp³-hybridized carbons (Fsp3) is 0.417. The van der Waals surface area contributed by atoms with Crippen LogP contribution in [0.25, 0.3) is 6.08 Å². The average Bonchev–Trinajstić information content (AvgIpc) is 2.92. The first-order chi connectivity index (χ1) is 16.4. The van der Waals surface area contributed by atoms with Gasteiger partial charge in [-0.05, 0) is 17.7 Å². The van der Waals surface area contributed by atoms with Crippen LogP contribution in [0.2, 0.25) is 5.15 Å². The number of pyridine rings is 1. The molecule has 2 fully saturated rings. The molecule has 0 aliphatic carbocycles. The quantitative estimate of drug-likeness (QED) is 0.568. The van der Waals surface area contributed by atoms with E-state index in [2.05, 4.69) is 9.88 Å². The molecule has 180 valence electrons. The molecule has 2 atom stereocenters. The topological polar surface area (TPSA) is 48.9 Å². The Hall–Kier alpha value is -2.78. The number of aromatic nitrogens is 1. The second-order valence-corrected chi connectivity index (χ2v) is 9.10. The second kappa shape index (κ2) is 9.46. The summed E-state index contributed by atoms with van der Waals surface area (Å²) in [4.78, 5) is 22.0. The van der Waals surface area contributed by atoms with Crippen molar-refractivity contribution in [2.24, 2.45) is 0 Å². The minimum Gasteiger partial charge on any atom is -0.445 e. The van der Waals surface area contributed by atoms with Crippen LogP contribution in [0.1, 0.15) is 29.7 Å². The van der Waals surface area contributed by atoms with Crippen molar-refractivity contribution >= 4 is 29.5 Å². The number of piperazine rings is 1. The number of amides is 1. The van der Waals surface area contributed by atoms with E-state index in [4.69, 9.17) is 16.3 Å². The molecule has 2 saturated heterocycles. The molecule has 4 heterocycles. The maximum absolute atomic E-state index is 14.7. The van der Waals surface area contributed by atoms with Gasteiger partial charge < -0.3 is 14.5 Å². The second-order valence-electron chi connectivity index (χ2n) is 8.71. The third-order valence-corrected chi connectivity index (χ3v) is 6.92. The van der Waals surface area contributed by atoms with Gasteiger partial charge in [-0.15, -0.1) is 0 Å². The van der Waals surface area contributed by atoms with Gasteiger partial charge in [0.2, 0.25) is 0 Å². The minimum atomic E-state index is -2.85. The normalized spacial score (nSPS) is 22.4. The molecule has 0 N–H and O–H groups in total. The van der Waals surface area contributed by atoms with Gasteiger partial charge in [0.25, 0.3) is 6.43 Å². The van der Waals surface area contributed by atoms with Gasteiger partial charge in [0.15, 0.2) is 0 Å². The zero-order chi connectivity index (χ0) is 23.8. The Morgan fingerprint density at radius 2 is 1.88 bits per heavy atom. The van der Waals surface area contributed by atoms with E-state index in [-0.39, 0.29) is 41.9 Å². The number of alkyl halides is 2. The Morgan fingerprint density at radius 1 is 1.15 bits per heavy atom. The molecule has 6 nitrogen and oxygen atoms in total. The van der Waals surface area contributed by atoms with E-state index in [0.717, 1.165) is 11.6 Å². The lowest BCUT2D eigenvalue weighted by atomic mass is 9.90. The van der Waals surface area contributed by atoms with Crippen LogP contribution in [0.5, 0.6) is 0 Å². The fourth-order valence-corrected chi connectivity index (χ4v) is 5.15. The van der Waals surface area contributed by atoms with Crippen LogP contribution < -0.4 is 4.90 Å². The van der Waals surface area contributed by atoms with E-state index in [1.165, 1.54) is 6.07 Å². The summed E-state index contributed by atoms with van der Waals surface area (Å²) in [7, 11) is 0. The van der Waals surface area contributed by atoms with E-state index < -0.39 is 17.9 Å². The van der Waals surface area contributed by atoms with Crippen molar-refractivity contribution in [3.63, 3.8) is 0 Å². The summed E-state index contributed by atoms with van der Waals surface area (Å²) in [6, 6.07) is 10.9. The summed E-state index contributed by atoms with van der Waals surface area (Å²) in [5, 5.41) is -0.0328. The molecule has 0 saturated carbocycles. The van der Waals surface area contributed by atoms with Crippen molar-refractivity contribution in [3.8, 4) is 0 Å². The number of carbonyl (C=O) groups excluding carboxylic acids is 1. The summed E-state index contributed by atoms with van der Waals surface area (Å²) in [6.07, 6.45) is -1.91. The third kappa shape index (κ3) is 4.46. The van der Waals surface area contributed by atoms with Crippen molar-refractivity contribution < 1.29 is 22.7 Å². The smallest absolute Gasteiger partial charge is 0.410 e. The third-order valence-electron chi connectivity index (χ3n) is 6.73. The van der Waals surface area contributed by atoms with Crippen LogP contribution in [0.4, 0.5) is 23.7 Å². The number of carbonyl (C=O) groups is 1. The molecule has 34 heavy (non-hydrogen) atoms. The van der Waals surface area contributed by atoms with Crippen LogP contribution in [0.15, 0.2) is 42.2 Å². The number of hydrogen-bond donors (Lipinski definition) is 0. The first-order valence-corrected chi connectivity index (χ1v) is 11.6. The maximum Gasteiger partial charge on any atom is 0.410 e. The predicted molar refractivity (Wildman–Crippen MR) is 123 cm³/mol. The molecule has 3 aliphatic heterocycles. The molecule has 1 aromatic heterocycles. The van der Waals surface area contributed by atoms with Gasteiger partial charge in [0.05, 0.1) is 6.04 Å². The van der Waals surface area contributed by atoms with Crippen molar-refractivity contribution in [3.05, 3.63) is 64.2 Å². The summed E-state index contributed by atoms with van der Waals surface area (Å²) < 4.78 is 47.2. The molecule has 10 heteroatoms. The van der Waals surface area contributed by atoms with E-state index in [1.54, 1.807) is 4.90 Å². The highest BCUT2D eigenvalue weighted by molar-refractivity contribution is 6.29. The number of halogens is 4. The number of rotatable bonds is 4. The molecule has 1 aromatic carbocycles.